The third kappa shape index (κ3) is 2.84. The van der Waals surface area contributed by atoms with Gasteiger partial charge in [-0.3, -0.25) is 0 Å². The highest BCUT2D eigenvalue weighted by atomic mass is 35.5. The van der Waals surface area contributed by atoms with Gasteiger partial charge in [-0.1, -0.05) is 41.9 Å². The zero-order valence-corrected chi connectivity index (χ0v) is 13.8. The second-order valence-electron chi connectivity index (χ2n) is 5.26. The fourth-order valence-corrected chi connectivity index (χ4v) is 3.94. The Kier molecular flexibility index (Phi) is 4.29. The number of halogens is 1. The summed E-state index contributed by atoms with van der Waals surface area (Å²) in [6.45, 7) is 2.09. The van der Waals surface area contributed by atoms with Crippen LogP contribution in [-0.2, 0) is 6.42 Å². The molecule has 3 rings (SSSR count). The van der Waals surface area contributed by atoms with E-state index in [1.165, 1.54) is 21.2 Å². The van der Waals surface area contributed by atoms with Crippen LogP contribution in [0.4, 0.5) is 0 Å². The molecule has 3 heteroatoms. The molecule has 0 amide bonds. The van der Waals surface area contributed by atoms with Gasteiger partial charge in [0.2, 0.25) is 0 Å². The van der Waals surface area contributed by atoms with Crippen molar-refractivity contribution in [2.75, 3.05) is 7.05 Å². The summed E-state index contributed by atoms with van der Waals surface area (Å²) in [4.78, 5) is 0. The third-order valence-corrected chi connectivity index (χ3v) is 5.44. The van der Waals surface area contributed by atoms with Crippen LogP contribution < -0.4 is 5.32 Å². The molecule has 1 N–H and O–H groups in total. The lowest BCUT2D eigenvalue weighted by molar-refractivity contribution is 0.591. The topological polar surface area (TPSA) is 12.0 Å². The first-order valence-electron chi connectivity index (χ1n) is 7.08. The maximum absolute atomic E-state index is 6.27. The van der Waals surface area contributed by atoms with Crippen LogP contribution in [0.3, 0.4) is 0 Å². The summed E-state index contributed by atoms with van der Waals surface area (Å²) < 4.78 is 1.35. The number of nitrogens with one attached hydrogen (secondary N) is 1. The quantitative estimate of drug-likeness (QED) is 0.683. The van der Waals surface area contributed by atoms with Crippen molar-refractivity contribution < 1.29 is 0 Å². The normalized spacial score (nSPS) is 12.7. The minimum atomic E-state index is 0.279. The van der Waals surface area contributed by atoms with Crippen molar-refractivity contribution in [1.29, 1.82) is 0 Å². The lowest BCUT2D eigenvalue weighted by atomic mass is 9.95. The highest BCUT2D eigenvalue weighted by molar-refractivity contribution is 7.17. The fraction of sp³-hybridized carbons (Fsp3) is 0.222. The van der Waals surface area contributed by atoms with Gasteiger partial charge < -0.3 is 5.32 Å². The van der Waals surface area contributed by atoms with Crippen LogP contribution in [0, 0.1) is 6.92 Å². The molecule has 0 aliphatic rings. The molecule has 0 saturated carbocycles. The van der Waals surface area contributed by atoms with Crippen molar-refractivity contribution >= 4 is 33.0 Å². The van der Waals surface area contributed by atoms with Crippen molar-refractivity contribution in [2.24, 2.45) is 0 Å². The van der Waals surface area contributed by atoms with Crippen molar-refractivity contribution in [3.63, 3.8) is 0 Å². The summed E-state index contributed by atoms with van der Waals surface area (Å²) in [7, 11) is 2.01. The number of rotatable bonds is 4. The molecule has 1 aromatic heterocycles. The third-order valence-electron chi connectivity index (χ3n) is 4.02. The number of hydrogen-bond acceptors (Lipinski definition) is 2. The van der Waals surface area contributed by atoms with Gasteiger partial charge in [0.1, 0.15) is 0 Å². The Morgan fingerprint density at radius 3 is 2.76 bits per heavy atom. The predicted octanol–water partition coefficient (Wildman–Crippen LogP) is 5.37. The molecular formula is C18H18ClNS. The summed E-state index contributed by atoms with van der Waals surface area (Å²) in [6.07, 6.45) is 0.974. The Balaban J connectivity index is 1.96. The molecule has 0 bridgehead atoms. The molecule has 108 valence electrons. The second kappa shape index (κ2) is 6.18. The van der Waals surface area contributed by atoms with Crippen LogP contribution in [0.15, 0.2) is 47.8 Å². The van der Waals surface area contributed by atoms with Gasteiger partial charge >= 0.3 is 0 Å². The Morgan fingerprint density at radius 2 is 1.95 bits per heavy atom. The highest BCUT2D eigenvalue weighted by Crippen LogP contribution is 2.31. The molecule has 0 fully saturated rings. The SMILES string of the molecule is CNC(Cc1csc2ccccc12)c1cccc(Cl)c1C. The molecule has 0 radical (unpaired) electrons. The van der Waals surface area contributed by atoms with Crippen molar-refractivity contribution in [3.05, 3.63) is 69.6 Å². The Labute approximate surface area is 134 Å². The van der Waals surface area contributed by atoms with Gasteiger partial charge in [-0.2, -0.15) is 0 Å². The second-order valence-corrected chi connectivity index (χ2v) is 6.57. The van der Waals surface area contributed by atoms with E-state index in [4.69, 9.17) is 11.6 Å². The minimum Gasteiger partial charge on any atom is -0.313 e. The summed E-state index contributed by atoms with van der Waals surface area (Å²) in [5, 5.41) is 7.91. The van der Waals surface area contributed by atoms with Crippen LogP contribution in [0.5, 0.6) is 0 Å². The van der Waals surface area contributed by atoms with Gasteiger partial charge in [-0.25, -0.2) is 0 Å². The van der Waals surface area contributed by atoms with Crippen LogP contribution >= 0.6 is 22.9 Å². The number of hydrogen-bond donors (Lipinski definition) is 1. The molecule has 1 unspecified atom stereocenters. The van der Waals surface area contributed by atoms with Crippen LogP contribution in [-0.4, -0.2) is 7.05 Å². The van der Waals surface area contributed by atoms with E-state index in [0.29, 0.717) is 0 Å². The Bertz CT molecular complexity index is 763. The number of thiophene rings is 1. The van der Waals surface area contributed by atoms with Crippen LogP contribution in [0.2, 0.25) is 5.02 Å². The van der Waals surface area contributed by atoms with Gasteiger partial charge in [0.15, 0.2) is 0 Å². The van der Waals surface area contributed by atoms with Gasteiger partial charge in [-0.05, 0) is 60.0 Å². The molecule has 2 aromatic carbocycles. The van der Waals surface area contributed by atoms with Gasteiger partial charge in [0, 0.05) is 15.8 Å². The van der Waals surface area contributed by atoms with E-state index < -0.39 is 0 Å². The number of likely N-dealkylation sites (N-methyl/N-ethyl adjacent to an activating group) is 1. The van der Waals surface area contributed by atoms with Gasteiger partial charge in [-0.15, -0.1) is 11.3 Å². The molecule has 0 aliphatic carbocycles. The van der Waals surface area contributed by atoms with Crippen molar-refractivity contribution in [3.8, 4) is 0 Å². The smallest absolute Gasteiger partial charge is 0.0438 e. The summed E-state index contributed by atoms with van der Waals surface area (Å²) in [6, 6.07) is 15.0. The molecule has 3 aromatic rings. The maximum Gasteiger partial charge on any atom is 0.0438 e. The Morgan fingerprint density at radius 1 is 1.14 bits per heavy atom. The molecular weight excluding hydrogens is 298 g/mol. The van der Waals surface area contributed by atoms with Crippen LogP contribution in [0.1, 0.15) is 22.7 Å². The summed E-state index contributed by atoms with van der Waals surface area (Å²) >= 11 is 8.08. The lowest BCUT2D eigenvalue weighted by Crippen LogP contribution is -2.19. The first-order valence-corrected chi connectivity index (χ1v) is 8.34. The van der Waals surface area contributed by atoms with E-state index >= 15 is 0 Å². The zero-order valence-electron chi connectivity index (χ0n) is 12.2. The van der Waals surface area contributed by atoms with E-state index in [1.807, 2.05) is 30.5 Å². The minimum absolute atomic E-state index is 0.279. The average Bonchev–Trinajstić information content (AvgIpc) is 2.91. The molecule has 1 nitrogen and oxygen atoms in total. The van der Waals surface area contributed by atoms with Gasteiger partial charge in [0.05, 0.1) is 0 Å². The van der Waals surface area contributed by atoms with Crippen molar-refractivity contribution in [2.45, 2.75) is 19.4 Å². The Hall–Kier alpha value is -1.35. The van der Waals surface area contributed by atoms with E-state index in [1.54, 1.807) is 0 Å². The largest absolute Gasteiger partial charge is 0.313 e. The summed E-state index contributed by atoms with van der Waals surface area (Å²) in [5.74, 6) is 0. The molecule has 21 heavy (non-hydrogen) atoms. The standard InChI is InChI=1S/C18H18ClNS/c1-12-14(7-5-8-16(12)19)17(20-2)10-13-11-21-18-9-4-3-6-15(13)18/h3-9,11,17,20H,10H2,1-2H3. The van der Waals surface area contributed by atoms with Crippen LogP contribution in [0.25, 0.3) is 10.1 Å². The molecule has 0 aliphatic heterocycles. The van der Waals surface area contributed by atoms with E-state index in [-0.39, 0.29) is 6.04 Å². The first-order chi connectivity index (χ1) is 10.2. The lowest BCUT2D eigenvalue weighted by Gasteiger charge is -2.19. The molecule has 1 atom stereocenters. The molecule has 0 spiro atoms. The number of benzene rings is 2. The fourth-order valence-electron chi connectivity index (χ4n) is 2.78. The summed E-state index contributed by atoms with van der Waals surface area (Å²) in [5.41, 5.74) is 3.84. The first kappa shape index (κ1) is 14.6. The average molecular weight is 316 g/mol. The van der Waals surface area contributed by atoms with E-state index in [2.05, 4.69) is 48.0 Å². The van der Waals surface area contributed by atoms with Crippen molar-refractivity contribution in [1.82, 2.24) is 5.32 Å². The highest BCUT2D eigenvalue weighted by Gasteiger charge is 2.16. The molecule has 0 saturated heterocycles. The van der Waals surface area contributed by atoms with Gasteiger partial charge in [0.25, 0.3) is 0 Å². The monoisotopic (exact) mass is 315 g/mol. The maximum atomic E-state index is 6.27. The number of fused-ring (bicyclic) bond motifs is 1. The predicted molar refractivity (Wildman–Crippen MR) is 93.5 cm³/mol. The van der Waals surface area contributed by atoms with E-state index in [0.717, 1.165) is 17.0 Å². The zero-order chi connectivity index (χ0) is 14.8. The van der Waals surface area contributed by atoms with E-state index in [9.17, 15) is 0 Å². The molecule has 1 heterocycles.